The van der Waals surface area contributed by atoms with Crippen LogP contribution in [0.15, 0.2) is 64.6 Å². The molecule has 1 saturated heterocycles. The third-order valence-corrected chi connectivity index (χ3v) is 5.87. The molecule has 2 aromatic carbocycles. The Labute approximate surface area is 196 Å². The van der Waals surface area contributed by atoms with Crippen LogP contribution in [-0.2, 0) is 16.1 Å². The van der Waals surface area contributed by atoms with Gasteiger partial charge in [0.25, 0.3) is 11.7 Å². The van der Waals surface area contributed by atoms with Crippen molar-refractivity contribution in [1.82, 2.24) is 4.90 Å². The molecule has 0 radical (unpaired) electrons. The fourth-order valence-corrected chi connectivity index (χ4v) is 4.25. The van der Waals surface area contributed by atoms with Gasteiger partial charge < -0.3 is 28.6 Å². The number of rotatable bonds is 5. The van der Waals surface area contributed by atoms with E-state index in [1.54, 1.807) is 56.5 Å². The number of aryl methyl sites for hydroxylation is 1. The van der Waals surface area contributed by atoms with Crippen LogP contribution in [0.1, 0.15) is 28.7 Å². The maximum absolute atomic E-state index is 13.2. The van der Waals surface area contributed by atoms with Crippen LogP contribution in [0.2, 0.25) is 0 Å². The Balaban J connectivity index is 1.60. The standard InChI is InChI=1S/C26H23NO7/c1-15-6-8-20(34-15)23-22(24(28)17-7-9-19-21(13-17)33-11-10-32-19)25(29)26(30)27(23)14-16-4-3-5-18(12-16)31-2/h3-9,12-13,23,28H,10-11,14H2,1-2H3/b24-22-. The first-order chi connectivity index (χ1) is 16.5. The van der Waals surface area contributed by atoms with Crippen molar-refractivity contribution in [2.24, 2.45) is 0 Å². The van der Waals surface area contributed by atoms with Crippen LogP contribution in [0.4, 0.5) is 0 Å². The fourth-order valence-electron chi connectivity index (χ4n) is 4.25. The lowest BCUT2D eigenvalue weighted by Crippen LogP contribution is -2.29. The maximum Gasteiger partial charge on any atom is 0.296 e. The summed E-state index contributed by atoms with van der Waals surface area (Å²) in [5.41, 5.74) is 1.07. The smallest absolute Gasteiger partial charge is 0.296 e. The zero-order valence-corrected chi connectivity index (χ0v) is 18.7. The minimum absolute atomic E-state index is 0.0427. The summed E-state index contributed by atoms with van der Waals surface area (Å²) in [6.45, 7) is 2.72. The van der Waals surface area contributed by atoms with E-state index in [9.17, 15) is 14.7 Å². The highest BCUT2D eigenvalue weighted by molar-refractivity contribution is 6.46. The summed E-state index contributed by atoms with van der Waals surface area (Å²) in [5.74, 6) is 0.861. The number of carbonyl (C=O) groups excluding carboxylic acids is 2. The second-order valence-electron chi connectivity index (χ2n) is 8.09. The van der Waals surface area contributed by atoms with Gasteiger partial charge in [-0.2, -0.15) is 0 Å². The average molecular weight is 461 g/mol. The van der Waals surface area contributed by atoms with Crippen LogP contribution in [0.3, 0.4) is 0 Å². The van der Waals surface area contributed by atoms with E-state index < -0.39 is 17.7 Å². The predicted molar refractivity (Wildman–Crippen MR) is 122 cm³/mol. The van der Waals surface area contributed by atoms with Crippen LogP contribution in [0.25, 0.3) is 5.76 Å². The number of aliphatic hydroxyl groups is 1. The number of ketones is 1. The molecule has 1 amide bonds. The van der Waals surface area contributed by atoms with Crippen molar-refractivity contribution in [2.45, 2.75) is 19.5 Å². The van der Waals surface area contributed by atoms with E-state index in [-0.39, 0.29) is 17.9 Å². The van der Waals surface area contributed by atoms with Crippen molar-refractivity contribution in [3.8, 4) is 17.2 Å². The Morgan fingerprint density at radius 1 is 1.06 bits per heavy atom. The van der Waals surface area contributed by atoms with Gasteiger partial charge in [-0.25, -0.2) is 0 Å². The molecule has 0 saturated carbocycles. The van der Waals surface area contributed by atoms with E-state index in [1.165, 1.54) is 4.90 Å². The Hall–Kier alpha value is -4.20. The van der Waals surface area contributed by atoms with E-state index in [1.807, 2.05) is 12.1 Å². The molecule has 0 bridgehead atoms. The summed E-state index contributed by atoms with van der Waals surface area (Å²) in [6.07, 6.45) is 0. The number of Topliss-reactive ketones (excluding diaryl/α,β-unsaturated/α-hetero) is 1. The number of hydrogen-bond donors (Lipinski definition) is 1. The second-order valence-corrected chi connectivity index (χ2v) is 8.09. The van der Waals surface area contributed by atoms with E-state index in [0.29, 0.717) is 47.5 Å². The van der Waals surface area contributed by atoms with Crippen molar-refractivity contribution >= 4 is 17.4 Å². The largest absolute Gasteiger partial charge is 0.507 e. The fraction of sp³-hybridized carbons (Fsp3) is 0.231. The first kappa shape index (κ1) is 21.6. The average Bonchev–Trinajstić information content (AvgIpc) is 3.39. The zero-order chi connectivity index (χ0) is 23.8. The minimum Gasteiger partial charge on any atom is -0.507 e. The lowest BCUT2D eigenvalue weighted by atomic mass is 9.99. The van der Waals surface area contributed by atoms with Crippen LogP contribution >= 0.6 is 0 Å². The molecule has 2 aliphatic rings. The molecule has 2 aliphatic heterocycles. The van der Waals surface area contributed by atoms with E-state index >= 15 is 0 Å². The van der Waals surface area contributed by atoms with Crippen LogP contribution in [0, 0.1) is 6.92 Å². The van der Waals surface area contributed by atoms with Gasteiger partial charge in [0.05, 0.1) is 12.7 Å². The molecule has 8 nitrogen and oxygen atoms in total. The highest BCUT2D eigenvalue weighted by Gasteiger charge is 2.47. The monoisotopic (exact) mass is 461 g/mol. The summed E-state index contributed by atoms with van der Waals surface area (Å²) < 4.78 is 22.3. The number of aliphatic hydroxyl groups excluding tert-OH is 1. The van der Waals surface area contributed by atoms with Crippen molar-refractivity contribution in [3.63, 3.8) is 0 Å². The van der Waals surface area contributed by atoms with Gasteiger partial charge >= 0.3 is 0 Å². The SMILES string of the molecule is COc1cccc(CN2C(=O)C(=O)/C(=C(\O)c3ccc4c(c3)OCCO4)C2c2ccc(C)o2)c1. The van der Waals surface area contributed by atoms with Crippen LogP contribution in [0.5, 0.6) is 17.2 Å². The lowest BCUT2D eigenvalue weighted by Gasteiger charge is -2.24. The molecule has 1 unspecified atom stereocenters. The van der Waals surface area contributed by atoms with Gasteiger partial charge in [0, 0.05) is 12.1 Å². The van der Waals surface area contributed by atoms with E-state index in [2.05, 4.69) is 0 Å². The van der Waals surface area contributed by atoms with Gasteiger partial charge in [-0.1, -0.05) is 12.1 Å². The minimum atomic E-state index is -0.895. The quantitative estimate of drug-likeness (QED) is 0.349. The van der Waals surface area contributed by atoms with Crippen LogP contribution in [-0.4, -0.2) is 42.0 Å². The van der Waals surface area contributed by atoms with Crippen molar-refractivity contribution < 1.29 is 33.3 Å². The third kappa shape index (κ3) is 3.77. The molecule has 1 atom stereocenters. The second kappa shape index (κ2) is 8.62. The molecule has 3 aromatic rings. The number of ether oxygens (including phenoxy) is 3. The highest BCUT2D eigenvalue weighted by atomic mass is 16.6. The molecule has 0 spiro atoms. The third-order valence-electron chi connectivity index (χ3n) is 5.87. The van der Waals surface area contributed by atoms with Gasteiger partial charge in [0.1, 0.15) is 42.3 Å². The number of amides is 1. The zero-order valence-electron chi connectivity index (χ0n) is 18.7. The van der Waals surface area contributed by atoms with Crippen molar-refractivity contribution in [2.75, 3.05) is 20.3 Å². The number of likely N-dealkylation sites (tertiary alicyclic amines) is 1. The first-order valence-electron chi connectivity index (χ1n) is 10.8. The van der Waals surface area contributed by atoms with Gasteiger partial charge in [-0.3, -0.25) is 9.59 Å². The maximum atomic E-state index is 13.2. The van der Waals surface area contributed by atoms with Gasteiger partial charge in [-0.15, -0.1) is 0 Å². The summed E-state index contributed by atoms with van der Waals surface area (Å²) in [5, 5.41) is 11.2. The predicted octanol–water partition coefficient (Wildman–Crippen LogP) is 3.99. The summed E-state index contributed by atoms with van der Waals surface area (Å²) >= 11 is 0. The number of benzene rings is 2. The number of hydrogen-bond acceptors (Lipinski definition) is 7. The highest BCUT2D eigenvalue weighted by Crippen LogP contribution is 2.42. The molecule has 1 aromatic heterocycles. The summed E-state index contributed by atoms with van der Waals surface area (Å²) in [7, 11) is 1.56. The topological polar surface area (TPSA) is 98.4 Å². The number of methoxy groups -OCH3 is 1. The van der Waals surface area contributed by atoms with Crippen molar-refractivity contribution in [1.29, 1.82) is 0 Å². The van der Waals surface area contributed by atoms with Gasteiger partial charge in [-0.05, 0) is 55.0 Å². The number of carbonyl (C=O) groups is 2. The summed E-state index contributed by atoms with van der Waals surface area (Å²) in [4.78, 5) is 27.7. The first-order valence-corrected chi connectivity index (χ1v) is 10.8. The summed E-state index contributed by atoms with van der Waals surface area (Å²) in [6, 6.07) is 14.7. The molecule has 1 N–H and O–H groups in total. The number of nitrogens with zero attached hydrogens (tertiary/aromatic N) is 1. The molecule has 1 fully saturated rings. The van der Waals surface area contributed by atoms with E-state index in [4.69, 9.17) is 18.6 Å². The Morgan fingerprint density at radius 2 is 1.85 bits per heavy atom. The van der Waals surface area contributed by atoms with Crippen molar-refractivity contribution in [3.05, 3.63) is 82.8 Å². The normalized spacial score (nSPS) is 18.9. The molecular weight excluding hydrogens is 438 g/mol. The molecule has 5 rings (SSSR count). The Morgan fingerprint density at radius 3 is 2.59 bits per heavy atom. The van der Waals surface area contributed by atoms with Gasteiger partial charge in [0.2, 0.25) is 0 Å². The van der Waals surface area contributed by atoms with Crippen LogP contribution < -0.4 is 14.2 Å². The van der Waals surface area contributed by atoms with Gasteiger partial charge in [0.15, 0.2) is 11.5 Å². The number of furan rings is 1. The Kier molecular flexibility index (Phi) is 5.49. The molecule has 174 valence electrons. The molecule has 8 heteroatoms. The molecule has 0 aliphatic carbocycles. The lowest BCUT2D eigenvalue weighted by molar-refractivity contribution is -0.140. The number of fused-ring (bicyclic) bond motifs is 1. The molecule has 34 heavy (non-hydrogen) atoms. The molecular formula is C26H23NO7. The Bertz CT molecular complexity index is 1310. The molecule has 3 heterocycles. The van der Waals surface area contributed by atoms with E-state index in [0.717, 1.165) is 5.56 Å².